The van der Waals surface area contributed by atoms with Gasteiger partial charge in [0.1, 0.15) is 5.76 Å². The first-order chi connectivity index (χ1) is 10.8. The average Bonchev–Trinajstić information content (AvgIpc) is 3.28. The average molecular weight is 307 g/mol. The summed E-state index contributed by atoms with van der Waals surface area (Å²) in [7, 11) is 0. The van der Waals surface area contributed by atoms with Crippen molar-refractivity contribution in [1.82, 2.24) is 15.1 Å². The third-order valence-corrected chi connectivity index (χ3v) is 4.75. The fourth-order valence-corrected chi connectivity index (χ4v) is 3.52. The molecule has 0 radical (unpaired) electrons. The van der Waals surface area contributed by atoms with Crippen molar-refractivity contribution in [3.8, 4) is 0 Å². The minimum Gasteiger partial charge on any atom is -0.468 e. The van der Waals surface area contributed by atoms with Crippen molar-refractivity contribution >= 4 is 6.03 Å². The van der Waals surface area contributed by atoms with Crippen LogP contribution in [0.25, 0.3) is 0 Å². The first kappa shape index (κ1) is 15.4. The third kappa shape index (κ3) is 3.28. The van der Waals surface area contributed by atoms with E-state index in [1.165, 1.54) is 12.8 Å². The molecule has 3 rings (SSSR count). The van der Waals surface area contributed by atoms with Gasteiger partial charge in [0.15, 0.2) is 0 Å². The third-order valence-electron chi connectivity index (χ3n) is 4.75. The first-order valence-corrected chi connectivity index (χ1v) is 8.22. The Morgan fingerprint density at radius 3 is 2.86 bits per heavy atom. The van der Waals surface area contributed by atoms with Gasteiger partial charge in [0, 0.05) is 13.1 Å². The first-order valence-electron chi connectivity index (χ1n) is 8.22. The molecule has 0 aliphatic carbocycles. The quantitative estimate of drug-likeness (QED) is 0.866. The van der Waals surface area contributed by atoms with Crippen molar-refractivity contribution < 1.29 is 14.3 Å². The predicted octanol–water partition coefficient (Wildman–Crippen LogP) is 1.58. The Kier molecular flexibility index (Phi) is 5.00. The largest absolute Gasteiger partial charge is 0.468 e. The highest BCUT2D eigenvalue weighted by Gasteiger charge is 2.30. The Morgan fingerprint density at radius 2 is 2.18 bits per heavy atom. The van der Waals surface area contributed by atoms with Gasteiger partial charge < -0.3 is 19.7 Å². The molecule has 1 unspecified atom stereocenters. The summed E-state index contributed by atoms with van der Waals surface area (Å²) < 4.78 is 5.56. The van der Waals surface area contributed by atoms with Crippen molar-refractivity contribution in [2.24, 2.45) is 0 Å². The van der Waals surface area contributed by atoms with Crippen LogP contribution < -0.4 is 5.32 Å². The molecule has 0 saturated carbocycles. The fourth-order valence-electron chi connectivity index (χ4n) is 3.52. The van der Waals surface area contributed by atoms with Gasteiger partial charge >= 0.3 is 6.03 Å². The molecule has 6 heteroatoms. The lowest BCUT2D eigenvalue weighted by Gasteiger charge is -2.28. The maximum absolute atomic E-state index is 12.4. The second-order valence-electron chi connectivity index (χ2n) is 6.13. The van der Waals surface area contributed by atoms with Crippen LogP contribution in [0.2, 0.25) is 0 Å². The van der Waals surface area contributed by atoms with Gasteiger partial charge in [-0.2, -0.15) is 0 Å². The Balaban J connectivity index is 1.60. The summed E-state index contributed by atoms with van der Waals surface area (Å²) in [6, 6.07) is 3.85. The van der Waals surface area contributed by atoms with Crippen LogP contribution in [0.4, 0.5) is 4.79 Å². The summed E-state index contributed by atoms with van der Waals surface area (Å²) in [6.45, 7) is 3.41. The van der Waals surface area contributed by atoms with E-state index in [1.807, 2.05) is 12.1 Å². The van der Waals surface area contributed by atoms with E-state index in [-0.39, 0.29) is 24.7 Å². The number of amides is 2. The van der Waals surface area contributed by atoms with Gasteiger partial charge in [-0.3, -0.25) is 4.90 Å². The second-order valence-corrected chi connectivity index (χ2v) is 6.13. The number of hydrogen-bond acceptors (Lipinski definition) is 4. The van der Waals surface area contributed by atoms with Gasteiger partial charge in [-0.25, -0.2) is 4.79 Å². The van der Waals surface area contributed by atoms with Crippen LogP contribution in [0, 0.1) is 0 Å². The van der Waals surface area contributed by atoms with E-state index in [2.05, 4.69) is 10.2 Å². The van der Waals surface area contributed by atoms with Crippen LogP contribution in [-0.2, 0) is 0 Å². The Labute approximate surface area is 131 Å². The molecule has 2 fully saturated rings. The Morgan fingerprint density at radius 1 is 1.36 bits per heavy atom. The van der Waals surface area contributed by atoms with Crippen molar-refractivity contribution in [2.75, 3.05) is 32.8 Å². The summed E-state index contributed by atoms with van der Waals surface area (Å²) in [5.74, 6) is 0.905. The molecule has 2 aliphatic heterocycles. The van der Waals surface area contributed by atoms with Crippen LogP contribution in [0.15, 0.2) is 22.8 Å². The summed E-state index contributed by atoms with van der Waals surface area (Å²) in [5.41, 5.74) is 0. The number of nitrogens with one attached hydrogen (secondary N) is 1. The number of furan rings is 1. The van der Waals surface area contributed by atoms with E-state index in [0.717, 1.165) is 38.2 Å². The molecule has 22 heavy (non-hydrogen) atoms. The Hall–Kier alpha value is -1.53. The van der Waals surface area contributed by atoms with Crippen LogP contribution in [-0.4, -0.2) is 59.8 Å². The van der Waals surface area contributed by atoms with Crippen LogP contribution in [0.3, 0.4) is 0 Å². The number of likely N-dealkylation sites (tertiary alicyclic amines) is 2. The Bertz CT molecular complexity index is 471. The normalized spacial score (nSPS) is 23.9. The van der Waals surface area contributed by atoms with Gasteiger partial charge in [0.2, 0.25) is 0 Å². The van der Waals surface area contributed by atoms with Gasteiger partial charge in [-0.15, -0.1) is 0 Å². The molecule has 2 N–H and O–H groups in total. The van der Waals surface area contributed by atoms with E-state index in [0.29, 0.717) is 6.54 Å². The molecule has 1 aromatic rings. The molecule has 0 bridgehead atoms. The molecule has 0 spiro atoms. The van der Waals surface area contributed by atoms with Gasteiger partial charge in [-0.05, 0) is 50.9 Å². The van der Waals surface area contributed by atoms with Gasteiger partial charge in [0.05, 0.1) is 25.0 Å². The lowest BCUT2D eigenvalue weighted by molar-refractivity contribution is 0.151. The maximum atomic E-state index is 12.4. The summed E-state index contributed by atoms with van der Waals surface area (Å²) >= 11 is 0. The molecule has 0 aromatic carbocycles. The number of carbonyl (C=O) groups excluding carboxylic acids is 1. The van der Waals surface area contributed by atoms with Gasteiger partial charge in [0.25, 0.3) is 0 Å². The molecular formula is C16H25N3O3. The summed E-state index contributed by atoms with van der Waals surface area (Å²) in [5, 5.41) is 12.4. The molecule has 2 atom stereocenters. The van der Waals surface area contributed by atoms with Crippen molar-refractivity contribution in [2.45, 2.75) is 37.8 Å². The highest BCUT2D eigenvalue weighted by atomic mass is 16.3. The lowest BCUT2D eigenvalue weighted by Crippen LogP contribution is -2.46. The number of rotatable bonds is 5. The molecule has 6 nitrogen and oxygen atoms in total. The molecule has 2 amide bonds. The van der Waals surface area contributed by atoms with E-state index < -0.39 is 0 Å². The molecule has 3 heterocycles. The summed E-state index contributed by atoms with van der Waals surface area (Å²) in [4.78, 5) is 16.5. The van der Waals surface area contributed by atoms with Crippen LogP contribution in [0.5, 0.6) is 0 Å². The topological polar surface area (TPSA) is 69.0 Å². The molecule has 2 saturated heterocycles. The van der Waals surface area contributed by atoms with Gasteiger partial charge in [-0.1, -0.05) is 0 Å². The number of hydrogen-bond donors (Lipinski definition) is 2. The minimum absolute atomic E-state index is 0.0335. The molecule has 1 aromatic heterocycles. The van der Waals surface area contributed by atoms with E-state index in [1.54, 1.807) is 11.2 Å². The monoisotopic (exact) mass is 307 g/mol. The SMILES string of the molecule is O=C(NCC(c1ccco1)N1CCCC1)N1CCC[C@@H]1CO. The predicted molar refractivity (Wildman–Crippen MR) is 82.5 cm³/mol. The van der Waals surface area contributed by atoms with Crippen LogP contribution in [0.1, 0.15) is 37.5 Å². The second kappa shape index (κ2) is 7.15. The zero-order valence-electron chi connectivity index (χ0n) is 12.9. The van der Waals surface area contributed by atoms with E-state index >= 15 is 0 Å². The molecule has 122 valence electrons. The van der Waals surface area contributed by atoms with Crippen LogP contribution >= 0.6 is 0 Å². The maximum Gasteiger partial charge on any atom is 0.317 e. The number of aliphatic hydroxyl groups excluding tert-OH is 1. The lowest BCUT2D eigenvalue weighted by atomic mass is 10.2. The molecule has 2 aliphatic rings. The fraction of sp³-hybridized carbons (Fsp3) is 0.688. The van der Waals surface area contributed by atoms with E-state index in [4.69, 9.17) is 4.42 Å². The van der Waals surface area contributed by atoms with Crippen molar-refractivity contribution in [3.63, 3.8) is 0 Å². The minimum atomic E-state index is -0.0766. The number of nitrogens with zero attached hydrogens (tertiary/aromatic N) is 2. The number of aliphatic hydroxyl groups is 1. The number of urea groups is 1. The highest BCUT2D eigenvalue weighted by molar-refractivity contribution is 5.74. The number of carbonyl (C=O) groups is 1. The highest BCUT2D eigenvalue weighted by Crippen LogP contribution is 2.25. The standard InChI is InChI=1S/C16H25N3O3/c20-12-13-5-3-9-19(13)16(21)17-11-14(15-6-4-10-22-15)18-7-1-2-8-18/h4,6,10,13-14,20H,1-3,5,7-9,11-12H2,(H,17,21)/t13-,14?/m1/s1. The molecular weight excluding hydrogens is 282 g/mol. The van der Waals surface area contributed by atoms with E-state index in [9.17, 15) is 9.90 Å². The summed E-state index contributed by atoms with van der Waals surface area (Å²) in [6.07, 6.45) is 5.93. The van der Waals surface area contributed by atoms with Crippen molar-refractivity contribution in [3.05, 3.63) is 24.2 Å². The van der Waals surface area contributed by atoms with Crippen molar-refractivity contribution in [1.29, 1.82) is 0 Å². The smallest absolute Gasteiger partial charge is 0.317 e. The zero-order valence-corrected chi connectivity index (χ0v) is 12.9. The zero-order chi connectivity index (χ0) is 15.4.